The molecule has 14 heteroatoms. The second kappa shape index (κ2) is 54.3. The van der Waals surface area contributed by atoms with Gasteiger partial charge in [0.05, 0.1) is 32.0 Å². The molecule has 0 bridgehead atoms. The number of unbranched alkanes of at least 4 members (excludes halogenated alkanes) is 16. The smallest absolute Gasteiger partial charge is 0.220 e. The zero-order valence-electron chi connectivity index (χ0n) is 52.3. The van der Waals surface area contributed by atoms with Crippen LogP contribution in [0.25, 0.3) is 0 Å². The van der Waals surface area contributed by atoms with Crippen LogP contribution in [-0.2, 0) is 23.7 Å². The molecule has 14 nitrogen and oxygen atoms in total. The molecular formula is C71H117NO13. The molecule has 2 aliphatic rings. The molecule has 484 valence electrons. The second-order valence-electron chi connectivity index (χ2n) is 22.5. The molecule has 2 rings (SSSR count). The average Bonchev–Trinajstić information content (AvgIpc) is 3.65. The first-order valence-corrected chi connectivity index (χ1v) is 32.9. The van der Waals surface area contributed by atoms with E-state index in [1.165, 1.54) is 64.2 Å². The fourth-order valence-electron chi connectivity index (χ4n) is 9.89. The first-order chi connectivity index (χ1) is 41.6. The molecule has 0 aromatic heterocycles. The van der Waals surface area contributed by atoms with Gasteiger partial charge in [0.15, 0.2) is 12.6 Å². The lowest BCUT2D eigenvalue weighted by Gasteiger charge is -2.46. The molecule has 0 aromatic rings. The lowest BCUT2D eigenvalue weighted by molar-refractivity contribution is -0.359. The van der Waals surface area contributed by atoms with Crippen molar-refractivity contribution in [3.63, 3.8) is 0 Å². The van der Waals surface area contributed by atoms with Gasteiger partial charge >= 0.3 is 0 Å². The van der Waals surface area contributed by atoms with Crippen molar-refractivity contribution < 1.29 is 64.6 Å². The summed E-state index contributed by atoms with van der Waals surface area (Å²) in [5.41, 5.74) is 0. The van der Waals surface area contributed by atoms with E-state index in [-0.39, 0.29) is 18.9 Å². The number of hydrogen-bond acceptors (Lipinski definition) is 13. The fraction of sp³-hybridized carbons (Fsp3) is 0.676. The summed E-state index contributed by atoms with van der Waals surface area (Å²) in [7, 11) is 0. The Balaban J connectivity index is 1.68. The van der Waals surface area contributed by atoms with E-state index in [1.807, 2.05) is 0 Å². The minimum atomic E-state index is -1.79. The van der Waals surface area contributed by atoms with E-state index in [2.05, 4.69) is 153 Å². The van der Waals surface area contributed by atoms with Crippen molar-refractivity contribution in [2.24, 2.45) is 0 Å². The topological polar surface area (TPSA) is 228 Å². The van der Waals surface area contributed by atoms with Gasteiger partial charge in [-0.1, -0.05) is 244 Å². The van der Waals surface area contributed by atoms with Crippen LogP contribution in [0.5, 0.6) is 0 Å². The van der Waals surface area contributed by atoms with Crippen LogP contribution in [0.3, 0.4) is 0 Å². The average molecular weight is 1190 g/mol. The summed E-state index contributed by atoms with van der Waals surface area (Å²) in [5.74, 6) is -0.244. The van der Waals surface area contributed by atoms with Crippen molar-refractivity contribution in [1.29, 1.82) is 0 Å². The maximum Gasteiger partial charge on any atom is 0.220 e. The first kappa shape index (κ1) is 77.2. The van der Waals surface area contributed by atoms with E-state index in [0.717, 1.165) is 116 Å². The number of hydrogen-bond donors (Lipinski definition) is 9. The van der Waals surface area contributed by atoms with Crippen molar-refractivity contribution in [3.05, 3.63) is 134 Å². The maximum absolute atomic E-state index is 13.3. The zero-order valence-corrected chi connectivity index (χ0v) is 52.3. The number of aliphatic hydroxyl groups excluding tert-OH is 8. The predicted molar refractivity (Wildman–Crippen MR) is 345 cm³/mol. The monoisotopic (exact) mass is 1190 g/mol. The highest BCUT2D eigenvalue weighted by molar-refractivity contribution is 5.76. The molecule has 0 saturated carbocycles. The van der Waals surface area contributed by atoms with E-state index < -0.39 is 86.8 Å². The van der Waals surface area contributed by atoms with Gasteiger partial charge in [-0.2, -0.15) is 0 Å². The molecule has 2 fully saturated rings. The molecule has 2 aliphatic heterocycles. The Morgan fingerprint density at radius 1 is 0.435 bits per heavy atom. The number of allylic oxidation sites excluding steroid dienone is 22. The largest absolute Gasteiger partial charge is 0.394 e. The molecule has 1 amide bonds. The van der Waals surface area contributed by atoms with Crippen molar-refractivity contribution in [2.75, 3.05) is 19.8 Å². The number of amides is 1. The van der Waals surface area contributed by atoms with Crippen molar-refractivity contribution in [3.8, 4) is 0 Å². The van der Waals surface area contributed by atoms with Crippen LogP contribution in [0.15, 0.2) is 134 Å². The van der Waals surface area contributed by atoms with Gasteiger partial charge in [-0.25, -0.2) is 0 Å². The van der Waals surface area contributed by atoms with Crippen LogP contribution >= 0.6 is 0 Å². The van der Waals surface area contributed by atoms with Crippen LogP contribution in [0.2, 0.25) is 0 Å². The van der Waals surface area contributed by atoms with Crippen LogP contribution in [0.1, 0.15) is 213 Å². The summed E-state index contributed by atoms with van der Waals surface area (Å²) >= 11 is 0. The lowest BCUT2D eigenvalue weighted by Crippen LogP contribution is -2.65. The Labute approximate surface area is 513 Å². The van der Waals surface area contributed by atoms with Gasteiger partial charge in [-0.3, -0.25) is 4.79 Å². The van der Waals surface area contributed by atoms with Gasteiger partial charge in [-0.15, -0.1) is 0 Å². The number of nitrogens with one attached hydrogen (secondary N) is 1. The molecule has 12 atom stereocenters. The Morgan fingerprint density at radius 2 is 0.812 bits per heavy atom. The molecule has 2 heterocycles. The third kappa shape index (κ3) is 38.9. The molecule has 0 aromatic carbocycles. The van der Waals surface area contributed by atoms with Crippen LogP contribution < -0.4 is 5.32 Å². The summed E-state index contributed by atoms with van der Waals surface area (Å²) in [6.07, 6.45) is 63.2. The van der Waals surface area contributed by atoms with Crippen LogP contribution in [0.4, 0.5) is 0 Å². The van der Waals surface area contributed by atoms with Crippen LogP contribution in [-0.4, -0.2) is 140 Å². The van der Waals surface area contributed by atoms with E-state index in [9.17, 15) is 45.6 Å². The fourth-order valence-corrected chi connectivity index (χ4v) is 9.89. The highest BCUT2D eigenvalue weighted by Crippen LogP contribution is 2.30. The minimum Gasteiger partial charge on any atom is -0.394 e. The van der Waals surface area contributed by atoms with Gasteiger partial charge in [0.25, 0.3) is 0 Å². The van der Waals surface area contributed by atoms with Gasteiger partial charge in [-0.05, 0) is 96.3 Å². The molecule has 0 radical (unpaired) electrons. The third-order valence-corrected chi connectivity index (χ3v) is 15.1. The molecule has 9 N–H and O–H groups in total. The number of aliphatic hydroxyl groups is 8. The Hall–Kier alpha value is -3.87. The first-order valence-electron chi connectivity index (χ1n) is 32.9. The number of ether oxygens (including phenoxy) is 4. The Bertz CT molecular complexity index is 1940. The van der Waals surface area contributed by atoms with Crippen molar-refractivity contribution >= 4 is 5.91 Å². The normalized spacial score (nSPS) is 24.4. The van der Waals surface area contributed by atoms with Crippen molar-refractivity contribution in [2.45, 2.75) is 286 Å². The summed E-state index contributed by atoms with van der Waals surface area (Å²) in [6, 6.07) is -0.856. The van der Waals surface area contributed by atoms with Crippen LogP contribution in [0, 0.1) is 0 Å². The quantitative estimate of drug-likeness (QED) is 0.0204. The molecule has 0 spiro atoms. The SMILES string of the molecule is CC/C=C\C/C=C\C/C=C\C/C=C\C/C=C\C/C=C\C/C=C\C/C=C\C/C=C\C/C=C\C/C=C\CCCCCC(=O)NC(COC1OC(CO)C(OC2OC(CO)C(O)C(O)C2O)C(O)C1O)C(O)CCCCCCCCCCCCCCCC. The highest BCUT2D eigenvalue weighted by atomic mass is 16.7. The number of rotatable bonds is 51. The Kier molecular flexibility index (Phi) is 49.3. The molecular weight excluding hydrogens is 1070 g/mol. The number of carbonyl (C=O) groups excluding carboxylic acids is 1. The maximum atomic E-state index is 13.3. The molecule has 12 unspecified atom stereocenters. The standard InChI is InChI=1S/C71H117NO13/c1-3-5-7-9-11-13-15-17-19-20-21-22-23-24-25-26-27-28-29-30-31-32-33-34-35-36-37-38-39-40-41-43-45-47-49-51-53-55-63(76)72-59(60(75)54-52-50-48-46-44-42-18-16-14-12-10-8-6-4-2)58-82-70-68(81)66(79)69(62(57-74)84-70)85-71-67(80)65(78)64(77)61(56-73)83-71/h5,7,11,13,17,19,21-22,24-25,27-28,30-31,33-34,36-37,39-40,43,45,59-62,64-71,73-75,77-81H,3-4,6,8-10,12,14-16,18,20,23,26,29,32,35,38,41-42,44,46-58H2,1-2H3,(H,72,76)/b7-5-,13-11-,19-17-,22-21-,25-24-,28-27-,31-30-,34-33-,37-36-,40-39-,45-43-. The summed E-state index contributed by atoms with van der Waals surface area (Å²) in [4.78, 5) is 13.3. The minimum absolute atomic E-state index is 0.244. The van der Waals surface area contributed by atoms with Gasteiger partial charge < -0.3 is 65.1 Å². The summed E-state index contributed by atoms with van der Waals surface area (Å²) < 4.78 is 22.8. The molecule has 0 aliphatic carbocycles. The van der Waals surface area contributed by atoms with Gasteiger partial charge in [0, 0.05) is 6.42 Å². The van der Waals surface area contributed by atoms with Gasteiger partial charge in [0.1, 0.15) is 48.8 Å². The van der Waals surface area contributed by atoms with E-state index in [0.29, 0.717) is 12.8 Å². The molecule has 85 heavy (non-hydrogen) atoms. The van der Waals surface area contributed by atoms with Crippen molar-refractivity contribution in [1.82, 2.24) is 5.32 Å². The zero-order chi connectivity index (χ0) is 61.6. The molecule has 2 saturated heterocycles. The summed E-state index contributed by atoms with van der Waals surface area (Å²) in [5, 5.41) is 87.3. The lowest BCUT2D eigenvalue weighted by atomic mass is 9.97. The Morgan fingerprint density at radius 3 is 1.24 bits per heavy atom. The second-order valence-corrected chi connectivity index (χ2v) is 22.5. The van der Waals surface area contributed by atoms with E-state index in [4.69, 9.17) is 18.9 Å². The summed E-state index contributed by atoms with van der Waals surface area (Å²) in [6.45, 7) is 2.71. The van der Waals surface area contributed by atoms with E-state index >= 15 is 0 Å². The number of carbonyl (C=O) groups is 1. The van der Waals surface area contributed by atoms with Gasteiger partial charge in [0.2, 0.25) is 5.91 Å². The predicted octanol–water partition coefficient (Wildman–Crippen LogP) is 12.7. The highest BCUT2D eigenvalue weighted by Gasteiger charge is 2.51. The van der Waals surface area contributed by atoms with E-state index in [1.54, 1.807) is 0 Å². The third-order valence-electron chi connectivity index (χ3n) is 15.1.